The number of anilines is 1. The summed E-state index contributed by atoms with van der Waals surface area (Å²) in [7, 11) is 1.59. The summed E-state index contributed by atoms with van der Waals surface area (Å²) in [6, 6.07) is 16.2. The highest BCUT2D eigenvalue weighted by atomic mass is 16.5. The van der Waals surface area contributed by atoms with Gasteiger partial charge in [0.05, 0.1) is 19.9 Å². The van der Waals surface area contributed by atoms with Crippen molar-refractivity contribution in [1.82, 2.24) is 5.43 Å². The molecule has 2 aromatic rings. The predicted molar refractivity (Wildman–Crippen MR) is 94.8 cm³/mol. The molecule has 0 spiro atoms. The number of nitriles is 1. The predicted octanol–water partition coefficient (Wildman–Crippen LogP) is 2.16. The Morgan fingerprint density at radius 1 is 1.24 bits per heavy atom. The van der Waals surface area contributed by atoms with Crippen molar-refractivity contribution in [3.63, 3.8) is 0 Å². The molecule has 1 amide bonds. The van der Waals surface area contributed by atoms with Crippen LogP contribution in [0.3, 0.4) is 0 Å². The first-order valence-electron chi connectivity index (χ1n) is 7.51. The van der Waals surface area contributed by atoms with Crippen LogP contribution < -0.4 is 20.2 Å². The smallest absolute Gasteiger partial charge is 0.259 e. The molecule has 128 valence electrons. The summed E-state index contributed by atoms with van der Waals surface area (Å²) in [5, 5.41) is 15.3. The fourth-order valence-corrected chi connectivity index (χ4v) is 1.90. The van der Waals surface area contributed by atoms with Gasteiger partial charge < -0.3 is 14.8 Å². The monoisotopic (exact) mass is 338 g/mol. The standard InChI is InChI=1S/C18H18N4O3/c1-24-17-4-2-3-15(11-17)20-13-18(23)22-21-12-14-5-7-16(8-6-14)25-10-9-19/h2-8,11-12,20H,10,13H2,1H3,(H,22,23)/b21-12-. The number of carbonyl (C=O) groups excluding carboxylic acids is 1. The maximum Gasteiger partial charge on any atom is 0.259 e. The van der Waals surface area contributed by atoms with E-state index in [0.717, 1.165) is 11.3 Å². The fourth-order valence-electron chi connectivity index (χ4n) is 1.90. The van der Waals surface area contributed by atoms with Gasteiger partial charge in [0.2, 0.25) is 0 Å². The van der Waals surface area contributed by atoms with E-state index in [9.17, 15) is 4.79 Å². The van der Waals surface area contributed by atoms with E-state index >= 15 is 0 Å². The van der Waals surface area contributed by atoms with Crippen LogP contribution in [0.1, 0.15) is 5.56 Å². The van der Waals surface area contributed by atoms with E-state index in [-0.39, 0.29) is 19.1 Å². The molecule has 0 unspecified atom stereocenters. The van der Waals surface area contributed by atoms with Crippen LogP contribution in [0.5, 0.6) is 11.5 Å². The van der Waals surface area contributed by atoms with Crippen LogP contribution in [0.4, 0.5) is 5.69 Å². The van der Waals surface area contributed by atoms with E-state index in [0.29, 0.717) is 11.5 Å². The lowest BCUT2D eigenvalue weighted by atomic mass is 10.2. The second-order valence-corrected chi connectivity index (χ2v) is 4.89. The summed E-state index contributed by atoms with van der Waals surface area (Å²) in [6.07, 6.45) is 1.53. The van der Waals surface area contributed by atoms with Gasteiger partial charge >= 0.3 is 0 Å². The van der Waals surface area contributed by atoms with Gasteiger partial charge in [-0.1, -0.05) is 6.07 Å². The van der Waals surface area contributed by atoms with Gasteiger partial charge in [-0.2, -0.15) is 10.4 Å². The molecule has 2 N–H and O–H groups in total. The Labute approximate surface area is 145 Å². The van der Waals surface area contributed by atoms with Crippen LogP contribution in [0.2, 0.25) is 0 Å². The number of ether oxygens (including phenoxy) is 2. The molecule has 0 heterocycles. The molecule has 0 aliphatic heterocycles. The lowest BCUT2D eigenvalue weighted by molar-refractivity contribution is -0.119. The van der Waals surface area contributed by atoms with Gasteiger partial charge in [-0.25, -0.2) is 5.43 Å². The third-order valence-corrected chi connectivity index (χ3v) is 3.11. The number of nitrogens with zero attached hydrogens (tertiary/aromatic N) is 2. The molecule has 0 atom stereocenters. The van der Waals surface area contributed by atoms with Gasteiger partial charge in [-0.15, -0.1) is 0 Å². The third kappa shape index (κ3) is 6.23. The molecule has 25 heavy (non-hydrogen) atoms. The largest absolute Gasteiger partial charge is 0.497 e. The highest BCUT2D eigenvalue weighted by Crippen LogP contribution is 2.16. The van der Waals surface area contributed by atoms with Crippen molar-refractivity contribution in [3.8, 4) is 17.6 Å². The highest BCUT2D eigenvalue weighted by Gasteiger charge is 2.00. The minimum Gasteiger partial charge on any atom is -0.497 e. The van der Waals surface area contributed by atoms with Crippen molar-refractivity contribution in [2.24, 2.45) is 5.10 Å². The van der Waals surface area contributed by atoms with Crippen molar-refractivity contribution in [2.75, 3.05) is 25.6 Å². The van der Waals surface area contributed by atoms with Crippen LogP contribution in [0, 0.1) is 11.3 Å². The number of benzene rings is 2. The van der Waals surface area contributed by atoms with Crippen molar-refractivity contribution in [1.29, 1.82) is 5.26 Å². The summed E-state index contributed by atoms with van der Waals surface area (Å²) in [6.45, 7) is 0.0925. The number of rotatable bonds is 8. The van der Waals surface area contributed by atoms with E-state index in [4.69, 9.17) is 14.7 Å². The Balaban J connectivity index is 1.77. The molecule has 2 rings (SSSR count). The van der Waals surface area contributed by atoms with E-state index < -0.39 is 0 Å². The zero-order valence-electron chi connectivity index (χ0n) is 13.7. The quantitative estimate of drug-likeness (QED) is 0.568. The summed E-state index contributed by atoms with van der Waals surface area (Å²) in [5.74, 6) is 1.05. The van der Waals surface area contributed by atoms with Crippen LogP contribution >= 0.6 is 0 Å². The topological polar surface area (TPSA) is 95.7 Å². The molecule has 0 aromatic heterocycles. The first-order chi connectivity index (χ1) is 12.2. The average Bonchev–Trinajstić information content (AvgIpc) is 2.66. The number of nitrogens with one attached hydrogen (secondary N) is 2. The molecule has 0 saturated carbocycles. The third-order valence-electron chi connectivity index (χ3n) is 3.11. The maximum atomic E-state index is 11.8. The number of amides is 1. The number of hydrogen-bond donors (Lipinski definition) is 2. The first-order valence-corrected chi connectivity index (χ1v) is 7.51. The number of carbonyl (C=O) groups is 1. The molecule has 0 aliphatic rings. The number of hydrazone groups is 1. The normalized spacial score (nSPS) is 10.1. The Morgan fingerprint density at radius 2 is 2.04 bits per heavy atom. The Hall–Kier alpha value is -3.53. The van der Waals surface area contributed by atoms with Crippen LogP contribution in [0.15, 0.2) is 53.6 Å². The zero-order chi connectivity index (χ0) is 17.9. The van der Waals surface area contributed by atoms with Gasteiger partial charge in [0, 0.05) is 11.8 Å². The minimum absolute atomic E-state index is 0.00375. The molecule has 0 bridgehead atoms. The molecule has 0 aliphatic carbocycles. The van der Waals surface area contributed by atoms with Crippen molar-refractivity contribution in [2.45, 2.75) is 0 Å². The van der Waals surface area contributed by atoms with E-state index in [1.807, 2.05) is 24.3 Å². The van der Waals surface area contributed by atoms with Crippen LogP contribution in [-0.2, 0) is 4.79 Å². The second-order valence-electron chi connectivity index (χ2n) is 4.89. The summed E-state index contributed by atoms with van der Waals surface area (Å²) < 4.78 is 10.3. The molecular formula is C18H18N4O3. The van der Waals surface area contributed by atoms with Gasteiger partial charge in [-0.05, 0) is 42.0 Å². The van der Waals surface area contributed by atoms with Crippen molar-refractivity contribution >= 4 is 17.8 Å². The Morgan fingerprint density at radius 3 is 2.76 bits per heavy atom. The van der Waals surface area contributed by atoms with Crippen molar-refractivity contribution < 1.29 is 14.3 Å². The van der Waals surface area contributed by atoms with Crippen LogP contribution in [0.25, 0.3) is 0 Å². The zero-order valence-corrected chi connectivity index (χ0v) is 13.7. The molecule has 0 saturated heterocycles. The summed E-state index contributed by atoms with van der Waals surface area (Å²) in [4.78, 5) is 11.8. The maximum absolute atomic E-state index is 11.8. The average molecular weight is 338 g/mol. The van der Waals surface area contributed by atoms with Gasteiger partial charge in [0.15, 0.2) is 6.61 Å². The van der Waals surface area contributed by atoms with E-state index in [1.54, 1.807) is 37.4 Å². The molecule has 2 aromatic carbocycles. The van der Waals surface area contributed by atoms with E-state index in [1.165, 1.54) is 6.21 Å². The molecule has 0 fully saturated rings. The summed E-state index contributed by atoms with van der Waals surface area (Å²) >= 11 is 0. The SMILES string of the molecule is COc1cccc(NCC(=O)N/N=C\c2ccc(OCC#N)cc2)c1. The molecule has 7 nitrogen and oxygen atoms in total. The molecular weight excluding hydrogens is 320 g/mol. The summed E-state index contributed by atoms with van der Waals surface area (Å²) in [5.41, 5.74) is 4.02. The van der Waals surface area contributed by atoms with Gasteiger partial charge in [-0.3, -0.25) is 4.79 Å². The lowest BCUT2D eigenvalue weighted by Crippen LogP contribution is -2.25. The first kappa shape index (κ1) is 17.8. The molecule has 0 radical (unpaired) electrons. The van der Waals surface area contributed by atoms with Gasteiger partial charge in [0.25, 0.3) is 5.91 Å². The fraction of sp³-hybridized carbons (Fsp3) is 0.167. The number of methoxy groups -OCH3 is 1. The molecule has 7 heteroatoms. The lowest BCUT2D eigenvalue weighted by Gasteiger charge is -2.07. The second kappa shape index (κ2) is 9.57. The van der Waals surface area contributed by atoms with Gasteiger partial charge in [0.1, 0.15) is 17.6 Å². The van der Waals surface area contributed by atoms with Crippen molar-refractivity contribution in [3.05, 3.63) is 54.1 Å². The Kier molecular flexibility index (Phi) is 6.82. The van der Waals surface area contributed by atoms with Crippen LogP contribution in [-0.4, -0.2) is 32.4 Å². The Bertz CT molecular complexity index is 767. The minimum atomic E-state index is -0.270. The van der Waals surface area contributed by atoms with E-state index in [2.05, 4.69) is 15.8 Å². The highest BCUT2D eigenvalue weighted by molar-refractivity contribution is 5.84. The number of hydrogen-bond acceptors (Lipinski definition) is 6.